The summed E-state index contributed by atoms with van der Waals surface area (Å²) in [5, 5.41) is 2.94. The smallest absolute Gasteiger partial charge is 0.339 e. The Labute approximate surface area is 105 Å². The van der Waals surface area contributed by atoms with Crippen molar-refractivity contribution in [2.75, 3.05) is 26.1 Å². The van der Waals surface area contributed by atoms with Crippen LogP contribution in [0.1, 0.15) is 20.7 Å². The highest BCUT2D eigenvalue weighted by atomic mass is 16.5. The Balaban J connectivity index is 3.29. The van der Waals surface area contributed by atoms with E-state index in [1.165, 1.54) is 14.2 Å². The summed E-state index contributed by atoms with van der Waals surface area (Å²) in [4.78, 5) is 23.2. The molecule has 1 aromatic rings. The van der Waals surface area contributed by atoms with Gasteiger partial charge >= 0.3 is 11.9 Å². The van der Waals surface area contributed by atoms with Gasteiger partial charge in [0.05, 0.1) is 31.0 Å². The molecule has 0 bridgehead atoms. The van der Waals surface area contributed by atoms with Gasteiger partial charge in [-0.2, -0.15) is 0 Å². The Morgan fingerprint density at radius 1 is 1.22 bits per heavy atom. The summed E-state index contributed by atoms with van der Waals surface area (Å²) in [5.41, 5.74) is 0.945. The lowest BCUT2D eigenvalue weighted by molar-refractivity contribution is 0.0601. The highest BCUT2D eigenvalue weighted by Crippen LogP contribution is 2.22. The molecule has 0 radical (unpaired) electrons. The van der Waals surface area contributed by atoms with E-state index in [1.54, 1.807) is 24.3 Å². The molecule has 0 aliphatic rings. The average Bonchev–Trinajstić information content (AvgIpc) is 2.42. The van der Waals surface area contributed by atoms with Gasteiger partial charge in [-0.1, -0.05) is 12.1 Å². The van der Waals surface area contributed by atoms with Crippen LogP contribution in [0.4, 0.5) is 5.69 Å². The average molecular weight is 249 g/mol. The molecule has 0 unspecified atom stereocenters. The number of hydrogen-bond acceptors (Lipinski definition) is 5. The van der Waals surface area contributed by atoms with E-state index < -0.39 is 11.9 Å². The molecule has 18 heavy (non-hydrogen) atoms. The molecule has 0 saturated heterocycles. The maximum Gasteiger partial charge on any atom is 0.339 e. The van der Waals surface area contributed by atoms with Gasteiger partial charge in [0, 0.05) is 6.54 Å². The molecule has 1 aromatic carbocycles. The second-order valence-corrected chi connectivity index (χ2v) is 3.38. The van der Waals surface area contributed by atoms with E-state index in [-0.39, 0.29) is 11.1 Å². The number of anilines is 1. The monoisotopic (exact) mass is 249 g/mol. The van der Waals surface area contributed by atoms with Gasteiger partial charge in [0.1, 0.15) is 0 Å². The molecular formula is C13H15NO4. The van der Waals surface area contributed by atoms with Crippen molar-refractivity contribution < 1.29 is 19.1 Å². The van der Waals surface area contributed by atoms with Crippen molar-refractivity contribution in [3.05, 3.63) is 42.0 Å². The predicted octanol–water partition coefficient (Wildman–Crippen LogP) is 1.86. The van der Waals surface area contributed by atoms with Crippen LogP contribution in [0.25, 0.3) is 0 Å². The van der Waals surface area contributed by atoms with Crippen molar-refractivity contribution in [3.63, 3.8) is 0 Å². The first-order chi connectivity index (χ1) is 8.65. The lowest BCUT2D eigenvalue weighted by Crippen LogP contribution is -2.14. The molecule has 0 amide bonds. The molecule has 5 heteroatoms. The molecule has 96 valence electrons. The minimum absolute atomic E-state index is 0.280. The third-order valence-electron chi connectivity index (χ3n) is 2.30. The Kier molecular flexibility index (Phi) is 4.92. The van der Waals surface area contributed by atoms with Crippen molar-refractivity contribution >= 4 is 17.6 Å². The van der Waals surface area contributed by atoms with E-state index in [9.17, 15) is 9.59 Å². The zero-order chi connectivity index (χ0) is 13.5. The van der Waals surface area contributed by atoms with Gasteiger partial charge < -0.3 is 14.8 Å². The maximum atomic E-state index is 11.6. The summed E-state index contributed by atoms with van der Waals surface area (Å²) in [5.74, 6) is -1.04. The minimum Gasteiger partial charge on any atom is -0.465 e. The summed E-state index contributed by atoms with van der Waals surface area (Å²) < 4.78 is 9.34. The number of rotatable bonds is 5. The number of nitrogens with one attached hydrogen (secondary N) is 1. The molecule has 5 nitrogen and oxygen atoms in total. The predicted molar refractivity (Wildman–Crippen MR) is 67.8 cm³/mol. The van der Waals surface area contributed by atoms with Gasteiger partial charge in [0.25, 0.3) is 0 Å². The summed E-state index contributed by atoms with van der Waals surface area (Å²) >= 11 is 0. The van der Waals surface area contributed by atoms with E-state index in [1.807, 2.05) is 0 Å². The molecule has 0 spiro atoms. The summed E-state index contributed by atoms with van der Waals surface area (Å²) in [6.07, 6.45) is 1.62. The fourth-order valence-corrected chi connectivity index (χ4v) is 1.48. The van der Waals surface area contributed by atoms with Crippen molar-refractivity contribution in [3.8, 4) is 0 Å². The van der Waals surface area contributed by atoms with Crippen molar-refractivity contribution in [1.82, 2.24) is 0 Å². The highest BCUT2D eigenvalue weighted by molar-refractivity contribution is 6.04. The van der Waals surface area contributed by atoms with Gasteiger partial charge in [0.15, 0.2) is 0 Å². The first kappa shape index (κ1) is 13.8. The van der Waals surface area contributed by atoms with E-state index in [4.69, 9.17) is 0 Å². The fraction of sp³-hybridized carbons (Fsp3) is 0.231. The molecule has 0 heterocycles. The van der Waals surface area contributed by atoms with Crippen molar-refractivity contribution in [1.29, 1.82) is 0 Å². The lowest BCUT2D eigenvalue weighted by atomic mass is 10.1. The molecule has 1 N–H and O–H groups in total. The van der Waals surface area contributed by atoms with Crippen LogP contribution in [0.15, 0.2) is 30.9 Å². The Morgan fingerprint density at radius 3 is 2.11 bits per heavy atom. The molecule has 0 atom stereocenters. The van der Waals surface area contributed by atoms with Crippen molar-refractivity contribution in [2.24, 2.45) is 0 Å². The minimum atomic E-state index is -0.521. The summed E-state index contributed by atoms with van der Waals surface area (Å²) in [6, 6.07) is 4.74. The van der Waals surface area contributed by atoms with Crippen LogP contribution in [-0.2, 0) is 9.47 Å². The second kappa shape index (κ2) is 6.44. The zero-order valence-electron chi connectivity index (χ0n) is 10.4. The Bertz CT molecular complexity index is 434. The molecule has 1 rings (SSSR count). The number of benzene rings is 1. The highest BCUT2D eigenvalue weighted by Gasteiger charge is 2.19. The van der Waals surface area contributed by atoms with Gasteiger partial charge in [-0.05, 0) is 12.1 Å². The van der Waals surface area contributed by atoms with E-state index in [0.717, 1.165) is 0 Å². The third kappa shape index (κ3) is 2.88. The van der Waals surface area contributed by atoms with Crippen LogP contribution in [0.3, 0.4) is 0 Å². The van der Waals surface area contributed by atoms with Crippen molar-refractivity contribution in [2.45, 2.75) is 0 Å². The molecule has 0 aromatic heterocycles. The van der Waals surface area contributed by atoms with Gasteiger partial charge in [0.2, 0.25) is 0 Å². The first-order valence-electron chi connectivity index (χ1n) is 5.30. The van der Waals surface area contributed by atoms with Gasteiger partial charge in [-0.25, -0.2) is 9.59 Å². The SMILES string of the molecule is C=CCNc1c(C(=O)OC)cccc1C(=O)OC. The second-order valence-electron chi connectivity index (χ2n) is 3.38. The molecule has 0 saturated carbocycles. The molecule has 0 aliphatic carbocycles. The van der Waals surface area contributed by atoms with Crippen LogP contribution in [0.5, 0.6) is 0 Å². The van der Waals surface area contributed by atoms with Crippen LogP contribution in [-0.4, -0.2) is 32.7 Å². The van der Waals surface area contributed by atoms with Crippen LogP contribution in [0, 0.1) is 0 Å². The van der Waals surface area contributed by atoms with Crippen LogP contribution >= 0.6 is 0 Å². The normalized spacial score (nSPS) is 9.44. The van der Waals surface area contributed by atoms with E-state index in [0.29, 0.717) is 12.2 Å². The Hall–Kier alpha value is -2.30. The number of para-hydroxylation sites is 1. The number of hydrogen-bond donors (Lipinski definition) is 1. The van der Waals surface area contributed by atoms with E-state index in [2.05, 4.69) is 21.4 Å². The number of carbonyl (C=O) groups excluding carboxylic acids is 2. The number of esters is 2. The maximum absolute atomic E-state index is 11.6. The lowest BCUT2D eigenvalue weighted by Gasteiger charge is -2.13. The summed E-state index contributed by atoms with van der Waals surface area (Å²) in [6.45, 7) is 3.98. The topological polar surface area (TPSA) is 64.6 Å². The first-order valence-corrected chi connectivity index (χ1v) is 5.30. The van der Waals surface area contributed by atoms with Gasteiger partial charge in [-0.3, -0.25) is 0 Å². The molecular weight excluding hydrogens is 234 g/mol. The van der Waals surface area contributed by atoms with Gasteiger partial charge in [-0.15, -0.1) is 6.58 Å². The fourth-order valence-electron chi connectivity index (χ4n) is 1.48. The molecule has 0 aliphatic heterocycles. The van der Waals surface area contributed by atoms with E-state index >= 15 is 0 Å². The summed E-state index contributed by atoms with van der Waals surface area (Å²) in [7, 11) is 2.56. The quantitative estimate of drug-likeness (QED) is 0.637. The number of methoxy groups -OCH3 is 2. The van der Waals surface area contributed by atoms with Crippen LogP contribution in [0.2, 0.25) is 0 Å². The number of ether oxygens (including phenoxy) is 2. The van der Waals surface area contributed by atoms with Crippen LogP contribution < -0.4 is 5.32 Å². The number of carbonyl (C=O) groups is 2. The zero-order valence-corrected chi connectivity index (χ0v) is 10.4. The Morgan fingerprint density at radius 2 is 1.72 bits per heavy atom. The molecule has 0 fully saturated rings. The standard InChI is InChI=1S/C13H15NO4/c1-4-8-14-11-9(12(15)17-2)6-5-7-10(11)13(16)18-3/h4-7,14H,1,8H2,2-3H3. The largest absolute Gasteiger partial charge is 0.465 e. The third-order valence-corrected chi connectivity index (χ3v) is 2.30.